The van der Waals surface area contributed by atoms with Crippen molar-refractivity contribution in [1.82, 2.24) is 0 Å². The van der Waals surface area contributed by atoms with Crippen molar-refractivity contribution in [2.75, 3.05) is 13.2 Å². The van der Waals surface area contributed by atoms with Crippen LogP contribution in [0.5, 0.6) is 5.75 Å². The van der Waals surface area contributed by atoms with Gasteiger partial charge in [0, 0.05) is 5.41 Å². The molecule has 0 spiro atoms. The fraction of sp³-hybridized carbons (Fsp3) is 0.778. The summed E-state index contributed by atoms with van der Waals surface area (Å²) in [5.41, 5.74) is 3.48. The summed E-state index contributed by atoms with van der Waals surface area (Å²) in [4.78, 5) is 10.7. The molecule has 0 aliphatic carbocycles. The third-order valence-electron chi connectivity index (χ3n) is 6.52. The average molecular weight is 469 g/mol. The maximum absolute atomic E-state index is 10.7. The van der Waals surface area contributed by atoms with E-state index in [1.165, 1.54) is 29.5 Å². The van der Waals surface area contributed by atoms with Gasteiger partial charge in [-0.25, -0.2) is 0 Å². The van der Waals surface area contributed by atoms with Gasteiger partial charge in [-0.3, -0.25) is 0 Å². The van der Waals surface area contributed by atoms with Crippen LogP contribution in [0.4, 0.5) is 0 Å². The van der Waals surface area contributed by atoms with Crippen LogP contribution in [-0.4, -0.2) is 23.2 Å². The molecule has 1 aromatic carbocycles. The average Bonchev–Trinajstić information content (AvgIpc) is 2.81. The molecule has 0 amide bonds. The minimum Gasteiger partial charge on any atom is -0.426 e. The number of hydrogen-bond donors (Lipinski definition) is 2. The summed E-state index contributed by atoms with van der Waals surface area (Å²) in [6.07, 6.45) is 13.7. The van der Waals surface area contributed by atoms with Crippen molar-refractivity contribution < 1.29 is 19.0 Å². The molecule has 186 valence electrons. The Labute approximate surface area is 199 Å². The maximum atomic E-state index is 10.7. The van der Waals surface area contributed by atoms with Crippen LogP contribution in [0.1, 0.15) is 116 Å². The van der Waals surface area contributed by atoms with Crippen LogP contribution in [0.15, 0.2) is 12.1 Å². The lowest BCUT2D eigenvalue weighted by Gasteiger charge is -2.31. The van der Waals surface area contributed by atoms with E-state index in [0.717, 1.165) is 76.4 Å². The van der Waals surface area contributed by atoms with Gasteiger partial charge in [-0.2, -0.15) is 0 Å². The van der Waals surface area contributed by atoms with E-state index < -0.39 is 8.60 Å². The summed E-state index contributed by atoms with van der Waals surface area (Å²) in [6, 6.07) is 4.56. The highest BCUT2D eigenvalue weighted by Crippen LogP contribution is 2.43. The molecule has 1 rings (SSSR count). The van der Waals surface area contributed by atoms with Gasteiger partial charge < -0.3 is 19.0 Å². The molecule has 2 unspecified atom stereocenters. The molecular formula is C27H49O4P. The van der Waals surface area contributed by atoms with Crippen LogP contribution in [0.3, 0.4) is 0 Å². The third-order valence-corrected chi connectivity index (χ3v) is 7.21. The molecule has 0 saturated carbocycles. The summed E-state index contributed by atoms with van der Waals surface area (Å²) in [5.74, 6) is 0.834. The van der Waals surface area contributed by atoms with Gasteiger partial charge in [0.2, 0.25) is 0 Å². The van der Waals surface area contributed by atoms with Crippen molar-refractivity contribution >= 4 is 8.60 Å². The van der Waals surface area contributed by atoms with E-state index in [2.05, 4.69) is 46.8 Å². The first-order chi connectivity index (χ1) is 15.5. The molecule has 0 aromatic heterocycles. The zero-order chi connectivity index (χ0) is 23.8. The van der Waals surface area contributed by atoms with Crippen molar-refractivity contribution in [3.8, 4) is 5.75 Å². The summed E-state index contributed by atoms with van der Waals surface area (Å²) < 4.78 is 12.0. The number of rotatable bonds is 19. The summed E-state index contributed by atoms with van der Waals surface area (Å²) >= 11 is 0. The first kappa shape index (κ1) is 29.4. The number of unbranched alkanes of at least 4 members (excludes halogenated alkanes) is 4. The third kappa shape index (κ3) is 10.1. The van der Waals surface area contributed by atoms with Gasteiger partial charge in [0.15, 0.2) is 0 Å². The van der Waals surface area contributed by atoms with Crippen molar-refractivity contribution in [1.29, 1.82) is 0 Å². The highest BCUT2D eigenvalue weighted by Gasteiger charge is 2.29. The largest absolute Gasteiger partial charge is 0.426 e. The fourth-order valence-electron chi connectivity index (χ4n) is 4.01. The predicted octanol–water partition coefficient (Wildman–Crippen LogP) is 7.91. The molecule has 0 radical (unpaired) electrons. The monoisotopic (exact) mass is 468 g/mol. The number of aliphatic hydroxyl groups excluding tert-OH is 1. The van der Waals surface area contributed by atoms with Crippen LogP contribution in [0.2, 0.25) is 0 Å². The second-order valence-electron chi connectivity index (χ2n) is 9.27. The molecule has 0 bridgehead atoms. The van der Waals surface area contributed by atoms with Gasteiger partial charge in [-0.1, -0.05) is 78.9 Å². The van der Waals surface area contributed by atoms with Gasteiger partial charge in [-0.15, -0.1) is 0 Å². The number of benzene rings is 1. The Kier molecular flexibility index (Phi) is 15.5. The zero-order valence-electron chi connectivity index (χ0n) is 21.4. The first-order valence-corrected chi connectivity index (χ1v) is 14.2. The Balaban J connectivity index is 3.07. The van der Waals surface area contributed by atoms with E-state index in [4.69, 9.17) is 9.05 Å². The summed E-state index contributed by atoms with van der Waals surface area (Å²) in [5, 5.41) is 9.99. The van der Waals surface area contributed by atoms with E-state index in [0.29, 0.717) is 6.61 Å². The minimum absolute atomic E-state index is 0.0717. The lowest BCUT2D eigenvalue weighted by molar-refractivity contribution is 0.0482. The summed E-state index contributed by atoms with van der Waals surface area (Å²) in [7, 11) is -2.04. The standard InChI is InChI=1S/C27H49O4P/c1-6-11-15-23-19-24(16-12-7-2)26(25(20-23)17-13-8-3)31-32(29)30-22-27(10-5,21-28)18-14-9-4/h19-20,28-29H,6-18,21-22H2,1-5H3. The van der Waals surface area contributed by atoms with Crippen molar-refractivity contribution in [2.24, 2.45) is 5.41 Å². The summed E-state index contributed by atoms with van der Waals surface area (Å²) in [6.45, 7) is 11.3. The molecule has 5 heteroatoms. The molecule has 0 aliphatic rings. The second-order valence-corrected chi connectivity index (χ2v) is 10.2. The van der Waals surface area contributed by atoms with Crippen LogP contribution in [0, 0.1) is 5.41 Å². The van der Waals surface area contributed by atoms with E-state index in [1.807, 2.05) is 0 Å². The van der Waals surface area contributed by atoms with E-state index in [-0.39, 0.29) is 12.0 Å². The quantitative estimate of drug-likeness (QED) is 0.203. The van der Waals surface area contributed by atoms with E-state index >= 15 is 0 Å². The van der Waals surface area contributed by atoms with E-state index in [9.17, 15) is 10.00 Å². The molecule has 0 fully saturated rings. The molecule has 1 aromatic rings. The minimum atomic E-state index is -2.04. The molecule has 0 aliphatic heterocycles. The lowest BCUT2D eigenvalue weighted by Crippen LogP contribution is -2.30. The number of aliphatic hydroxyl groups is 1. The van der Waals surface area contributed by atoms with Crippen LogP contribution >= 0.6 is 8.60 Å². The predicted molar refractivity (Wildman–Crippen MR) is 137 cm³/mol. The lowest BCUT2D eigenvalue weighted by atomic mass is 9.82. The molecule has 32 heavy (non-hydrogen) atoms. The first-order valence-electron chi connectivity index (χ1n) is 13.0. The van der Waals surface area contributed by atoms with Gasteiger partial charge in [0.1, 0.15) is 5.75 Å². The molecule has 0 heterocycles. The zero-order valence-corrected chi connectivity index (χ0v) is 22.3. The second kappa shape index (κ2) is 16.9. The molecule has 2 N–H and O–H groups in total. The molecule has 0 saturated heterocycles. The molecule has 4 nitrogen and oxygen atoms in total. The van der Waals surface area contributed by atoms with Crippen molar-refractivity contribution in [3.63, 3.8) is 0 Å². The Morgan fingerprint density at radius 1 is 0.812 bits per heavy atom. The van der Waals surface area contributed by atoms with Gasteiger partial charge in [0.25, 0.3) is 0 Å². The Hall–Kier alpha value is -0.670. The van der Waals surface area contributed by atoms with Crippen LogP contribution in [0.25, 0.3) is 0 Å². The van der Waals surface area contributed by atoms with E-state index in [1.54, 1.807) is 0 Å². The van der Waals surface area contributed by atoms with Gasteiger partial charge >= 0.3 is 8.60 Å². The van der Waals surface area contributed by atoms with Crippen molar-refractivity contribution in [3.05, 3.63) is 28.8 Å². The van der Waals surface area contributed by atoms with Gasteiger partial charge in [-0.05, 0) is 68.1 Å². The normalized spacial score (nSPS) is 14.3. The highest BCUT2D eigenvalue weighted by atomic mass is 31.2. The Bertz CT molecular complexity index is 587. The van der Waals surface area contributed by atoms with Crippen LogP contribution < -0.4 is 4.52 Å². The maximum Gasteiger partial charge on any atom is 0.394 e. The Morgan fingerprint density at radius 2 is 1.34 bits per heavy atom. The smallest absolute Gasteiger partial charge is 0.394 e. The molecule has 2 atom stereocenters. The van der Waals surface area contributed by atoms with Crippen LogP contribution in [-0.2, 0) is 23.8 Å². The number of aryl methyl sites for hydroxylation is 3. The fourth-order valence-corrected chi connectivity index (χ4v) is 4.84. The Morgan fingerprint density at radius 3 is 1.81 bits per heavy atom. The highest BCUT2D eigenvalue weighted by molar-refractivity contribution is 7.41. The number of hydrogen-bond acceptors (Lipinski definition) is 4. The van der Waals surface area contributed by atoms with Crippen molar-refractivity contribution in [2.45, 2.75) is 118 Å². The topological polar surface area (TPSA) is 58.9 Å². The van der Waals surface area contributed by atoms with Gasteiger partial charge in [0.05, 0.1) is 13.2 Å². The molecular weight excluding hydrogens is 419 g/mol. The SMILES string of the molecule is CCCCc1cc(CCCC)c(OP(O)OCC(CC)(CO)CCCC)c(CCCC)c1.